The van der Waals surface area contributed by atoms with E-state index >= 15 is 0 Å². The van der Waals surface area contributed by atoms with Crippen molar-refractivity contribution in [2.75, 3.05) is 31.1 Å². The molecule has 26 heavy (non-hydrogen) atoms. The maximum atomic E-state index is 12.8. The van der Waals surface area contributed by atoms with Crippen LogP contribution in [0.1, 0.15) is 18.4 Å². The smallest absolute Gasteiger partial charge is 0.366 e. The van der Waals surface area contributed by atoms with Crippen molar-refractivity contribution >= 4 is 29.7 Å². The Labute approximate surface area is 154 Å². The summed E-state index contributed by atoms with van der Waals surface area (Å²) in [6.45, 7) is 1.42. The number of amides is 1. The van der Waals surface area contributed by atoms with Gasteiger partial charge in [0.2, 0.25) is 5.91 Å². The summed E-state index contributed by atoms with van der Waals surface area (Å²) in [6, 6.07) is 2.51. The van der Waals surface area contributed by atoms with Crippen LogP contribution in [0.25, 0.3) is 0 Å². The van der Waals surface area contributed by atoms with E-state index in [0.29, 0.717) is 45.1 Å². The first-order valence-electron chi connectivity index (χ1n) is 7.82. The maximum Gasteiger partial charge on any atom is 0.416 e. The summed E-state index contributed by atoms with van der Waals surface area (Å²) >= 11 is 0. The highest BCUT2D eigenvalue weighted by atomic mass is 35.5. The molecule has 0 saturated carbocycles. The van der Waals surface area contributed by atoms with Gasteiger partial charge in [0.15, 0.2) is 0 Å². The zero-order valence-corrected chi connectivity index (χ0v) is 14.6. The molecule has 1 aromatic carbocycles. The number of benzene rings is 1. The number of hydrogen-bond acceptors (Lipinski definition) is 5. The van der Waals surface area contributed by atoms with Crippen molar-refractivity contribution in [3.05, 3.63) is 33.9 Å². The maximum absolute atomic E-state index is 12.8. The fourth-order valence-corrected chi connectivity index (χ4v) is 2.84. The Morgan fingerprint density at radius 1 is 1.35 bits per heavy atom. The topological polar surface area (TPSA) is 102 Å². The molecule has 0 aromatic heterocycles. The zero-order valence-electron chi connectivity index (χ0n) is 13.8. The first-order chi connectivity index (χ1) is 11.7. The summed E-state index contributed by atoms with van der Waals surface area (Å²) in [4.78, 5) is 23.9. The third kappa shape index (κ3) is 5.21. The standard InChI is InChI=1S/C15H19F3N4O3.ClH/c16-15(17,18)11-1-2-12(13(9-11)22(24)25)21-7-3-10(4-8-21)14(23)20-6-5-19;/h1-2,9-10H,3-8,19H2,(H,20,23);1H. The van der Waals surface area contributed by atoms with Gasteiger partial charge in [0.1, 0.15) is 5.69 Å². The Bertz CT molecular complexity index is 650. The summed E-state index contributed by atoms with van der Waals surface area (Å²) < 4.78 is 38.3. The number of nitrogens with two attached hydrogens (primary N) is 1. The number of hydrogen-bond donors (Lipinski definition) is 2. The molecule has 0 aliphatic carbocycles. The van der Waals surface area contributed by atoms with Crippen LogP contribution < -0.4 is 16.0 Å². The number of nitro benzene ring substituents is 1. The van der Waals surface area contributed by atoms with Gasteiger partial charge in [-0.15, -0.1) is 12.4 Å². The number of nitro groups is 1. The third-order valence-corrected chi connectivity index (χ3v) is 4.15. The Morgan fingerprint density at radius 3 is 2.46 bits per heavy atom. The number of rotatable bonds is 5. The second-order valence-electron chi connectivity index (χ2n) is 5.80. The lowest BCUT2D eigenvalue weighted by atomic mass is 9.95. The zero-order chi connectivity index (χ0) is 18.6. The van der Waals surface area contributed by atoms with Crippen LogP contribution in [-0.2, 0) is 11.0 Å². The summed E-state index contributed by atoms with van der Waals surface area (Å²) in [5.74, 6) is -0.344. The number of nitrogens with zero attached hydrogens (tertiary/aromatic N) is 2. The minimum absolute atomic E-state index is 0. The molecule has 0 spiro atoms. The summed E-state index contributed by atoms with van der Waals surface area (Å²) in [5, 5.41) is 13.9. The molecule has 1 heterocycles. The van der Waals surface area contributed by atoms with Crippen molar-refractivity contribution in [1.82, 2.24) is 5.32 Å². The van der Waals surface area contributed by atoms with Gasteiger partial charge in [-0.3, -0.25) is 14.9 Å². The van der Waals surface area contributed by atoms with E-state index in [0.717, 1.165) is 12.1 Å². The van der Waals surface area contributed by atoms with E-state index in [-0.39, 0.29) is 29.9 Å². The Balaban J connectivity index is 0.00000338. The van der Waals surface area contributed by atoms with E-state index in [1.807, 2.05) is 0 Å². The van der Waals surface area contributed by atoms with Crippen molar-refractivity contribution in [1.29, 1.82) is 0 Å². The number of carbonyl (C=O) groups excluding carboxylic acids is 1. The molecule has 1 aromatic rings. The van der Waals surface area contributed by atoms with Crippen LogP contribution in [0.2, 0.25) is 0 Å². The fourth-order valence-electron chi connectivity index (χ4n) is 2.84. The lowest BCUT2D eigenvalue weighted by Gasteiger charge is -2.32. The van der Waals surface area contributed by atoms with E-state index in [4.69, 9.17) is 5.73 Å². The van der Waals surface area contributed by atoms with Gasteiger partial charge in [0.05, 0.1) is 10.5 Å². The number of nitrogens with one attached hydrogen (secondary N) is 1. The Kier molecular flexibility index (Phi) is 7.64. The van der Waals surface area contributed by atoms with E-state index < -0.39 is 22.4 Å². The van der Waals surface area contributed by atoms with Gasteiger partial charge in [0, 0.05) is 38.2 Å². The van der Waals surface area contributed by atoms with Gasteiger partial charge in [-0.2, -0.15) is 13.2 Å². The van der Waals surface area contributed by atoms with Crippen molar-refractivity contribution < 1.29 is 22.9 Å². The van der Waals surface area contributed by atoms with Crippen molar-refractivity contribution in [2.24, 2.45) is 11.7 Å². The Hall–Kier alpha value is -2.07. The number of alkyl halides is 3. The number of piperidine rings is 1. The molecule has 0 atom stereocenters. The third-order valence-electron chi connectivity index (χ3n) is 4.15. The lowest BCUT2D eigenvalue weighted by molar-refractivity contribution is -0.384. The van der Waals surface area contributed by atoms with E-state index in [2.05, 4.69) is 5.32 Å². The molecule has 11 heteroatoms. The van der Waals surface area contributed by atoms with Crippen LogP contribution in [0.15, 0.2) is 18.2 Å². The molecular formula is C15H20ClF3N4O3. The average molecular weight is 397 g/mol. The Morgan fingerprint density at radius 2 is 1.96 bits per heavy atom. The molecule has 1 amide bonds. The number of halogens is 4. The normalized spacial score (nSPS) is 15.3. The van der Waals surface area contributed by atoms with Gasteiger partial charge in [0.25, 0.3) is 5.69 Å². The van der Waals surface area contributed by atoms with Gasteiger partial charge < -0.3 is 16.0 Å². The fraction of sp³-hybridized carbons (Fsp3) is 0.533. The summed E-state index contributed by atoms with van der Waals surface area (Å²) in [7, 11) is 0. The monoisotopic (exact) mass is 396 g/mol. The van der Waals surface area contributed by atoms with Crippen LogP contribution in [-0.4, -0.2) is 37.0 Å². The predicted molar refractivity (Wildman–Crippen MR) is 92.3 cm³/mol. The predicted octanol–water partition coefficient (Wildman–Crippen LogP) is 2.33. The minimum atomic E-state index is -4.64. The molecule has 7 nitrogen and oxygen atoms in total. The van der Waals surface area contributed by atoms with Crippen LogP contribution in [0, 0.1) is 16.0 Å². The molecule has 0 radical (unpaired) electrons. The highest BCUT2D eigenvalue weighted by Gasteiger charge is 2.34. The van der Waals surface area contributed by atoms with Crippen molar-refractivity contribution in [2.45, 2.75) is 19.0 Å². The number of carbonyl (C=O) groups is 1. The SMILES string of the molecule is Cl.NCCNC(=O)C1CCN(c2ccc(C(F)(F)F)cc2[N+](=O)[O-])CC1. The van der Waals surface area contributed by atoms with E-state index in [9.17, 15) is 28.1 Å². The van der Waals surface area contributed by atoms with E-state index in [1.54, 1.807) is 4.90 Å². The minimum Gasteiger partial charge on any atom is -0.366 e. The van der Waals surface area contributed by atoms with Gasteiger partial charge >= 0.3 is 6.18 Å². The second-order valence-corrected chi connectivity index (χ2v) is 5.80. The first-order valence-corrected chi connectivity index (χ1v) is 7.82. The second kappa shape index (κ2) is 9.04. The average Bonchev–Trinajstić information content (AvgIpc) is 2.58. The van der Waals surface area contributed by atoms with Crippen LogP contribution in [0.3, 0.4) is 0 Å². The van der Waals surface area contributed by atoms with Crippen molar-refractivity contribution in [3.8, 4) is 0 Å². The molecule has 1 aliphatic rings. The van der Waals surface area contributed by atoms with Crippen LogP contribution in [0.5, 0.6) is 0 Å². The van der Waals surface area contributed by atoms with Crippen LogP contribution >= 0.6 is 12.4 Å². The van der Waals surface area contributed by atoms with E-state index in [1.165, 1.54) is 0 Å². The van der Waals surface area contributed by atoms with Crippen molar-refractivity contribution in [3.63, 3.8) is 0 Å². The highest BCUT2D eigenvalue weighted by Crippen LogP contribution is 2.37. The van der Waals surface area contributed by atoms with Crippen LogP contribution in [0.4, 0.5) is 24.5 Å². The summed E-state index contributed by atoms with van der Waals surface area (Å²) in [5.41, 5.74) is 3.82. The molecule has 1 fully saturated rings. The molecule has 2 rings (SSSR count). The molecular weight excluding hydrogens is 377 g/mol. The highest BCUT2D eigenvalue weighted by molar-refractivity contribution is 5.85. The lowest BCUT2D eigenvalue weighted by Crippen LogP contribution is -2.41. The molecule has 1 saturated heterocycles. The molecule has 0 unspecified atom stereocenters. The van der Waals surface area contributed by atoms with Gasteiger partial charge in [-0.1, -0.05) is 0 Å². The van der Waals surface area contributed by atoms with Gasteiger partial charge in [-0.25, -0.2) is 0 Å². The first kappa shape index (κ1) is 22.0. The molecule has 3 N–H and O–H groups in total. The molecule has 1 aliphatic heterocycles. The quantitative estimate of drug-likeness (QED) is 0.587. The van der Waals surface area contributed by atoms with Gasteiger partial charge in [-0.05, 0) is 25.0 Å². The number of anilines is 1. The molecule has 146 valence electrons. The molecule has 0 bridgehead atoms. The largest absolute Gasteiger partial charge is 0.416 e. The summed E-state index contributed by atoms with van der Waals surface area (Å²) in [6.07, 6.45) is -3.71.